The number of rotatable bonds is 5. The van der Waals surface area contributed by atoms with E-state index in [1.165, 1.54) is 35.7 Å². The number of ether oxygens (including phenoxy) is 1. The number of anilines is 1. The molecule has 172 valence electrons. The number of aromatic nitrogens is 3. The molecule has 4 rings (SSSR count). The van der Waals surface area contributed by atoms with Crippen LogP contribution < -0.4 is 9.64 Å². The van der Waals surface area contributed by atoms with Gasteiger partial charge in [0.15, 0.2) is 5.69 Å². The monoisotopic (exact) mass is 474 g/mol. The molecule has 0 unspecified atom stereocenters. The molecule has 0 N–H and O–H groups in total. The normalized spacial score (nSPS) is 15.3. The van der Waals surface area contributed by atoms with Crippen molar-refractivity contribution in [2.45, 2.75) is 44.2 Å². The molecule has 2 heterocycles. The summed E-state index contributed by atoms with van der Waals surface area (Å²) in [5.74, 6) is 0.644. The maximum atomic E-state index is 13.1. The van der Waals surface area contributed by atoms with Crippen LogP contribution in [-0.2, 0) is 11.0 Å². The van der Waals surface area contributed by atoms with Crippen LogP contribution in [0.3, 0.4) is 0 Å². The summed E-state index contributed by atoms with van der Waals surface area (Å²) in [6.45, 7) is 3.46. The summed E-state index contributed by atoms with van der Waals surface area (Å²) in [5.41, 5.74) is 1.07. The quantitative estimate of drug-likeness (QED) is 0.339. The Bertz CT molecular complexity index is 1160. The number of hydrogen-bond acceptors (Lipinski definition) is 6. The van der Waals surface area contributed by atoms with E-state index in [1.807, 2.05) is 0 Å². The average molecular weight is 475 g/mol. The molecule has 1 amide bonds. The van der Waals surface area contributed by atoms with E-state index in [-0.39, 0.29) is 11.8 Å². The molecule has 1 aromatic heterocycles. The van der Waals surface area contributed by atoms with Crippen LogP contribution in [0.15, 0.2) is 53.7 Å². The molecule has 6 nitrogen and oxygen atoms in total. The number of fused-ring (bicyclic) bond motifs is 3. The van der Waals surface area contributed by atoms with Crippen LogP contribution >= 0.6 is 11.8 Å². The number of alkyl halides is 3. The van der Waals surface area contributed by atoms with Crippen molar-refractivity contribution in [3.8, 4) is 17.1 Å². The molecule has 0 fully saturated rings. The molecule has 10 heteroatoms. The first-order valence-electron chi connectivity index (χ1n) is 10.4. The summed E-state index contributed by atoms with van der Waals surface area (Å²) in [7, 11) is 0. The molecular weight excluding hydrogens is 453 g/mol. The second kappa shape index (κ2) is 9.38. The summed E-state index contributed by atoms with van der Waals surface area (Å²) >= 11 is 1.44. The summed E-state index contributed by atoms with van der Waals surface area (Å²) in [6.07, 6.45) is -3.48. The van der Waals surface area contributed by atoms with Crippen molar-refractivity contribution < 1.29 is 22.7 Å². The van der Waals surface area contributed by atoms with E-state index in [9.17, 15) is 18.0 Å². The highest BCUT2D eigenvalue weighted by Crippen LogP contribution is 2.43. The topological polar surface area (TPSA) is 68.2 Å². The summed E-state index contributed by atoms with van der Waals surface area (Å²) in [4.78, 5) is 18.6. The number of carbonyl (C=O) groups excluding carboxylic acids is 1. The molecule has 0 radical (unpaired) electrons. The van der Waals surface area contributed by atoms with E-state index in [0.717, 1.165) is 30.7 Å². The Kier molecular flexibility index (Phi) is 6.55. The number of thioether (sulfide) groups is 1. The number of carbonyl (C=O) groups is 1. The van der Waals surface area contributed by atoms with E-state index in [2.05, 4.69) is 22.1 Å². The fourth-order valence-electron chi connectivity index (χ4n) is 3.48. The molecule has 0 saturated carbocycles. The lowest BCUT2D eigenvalue weighted by molar-refractivity contribution is -0.137. The number of unbranched alkanes of at least 4 members (excludes halogenated alkanes) is 1. The Hall–Kier alpha value is -3.14. The number of benzene rings is 2. The second-order valence-corrected chi connectivity index (χ2v) is 8.51. The first-order chi connectivity index (χ1) is 15.8. The molecule has 0 saturated heterocycles. The third kappa shape index (κ3) is 4.80. The van der Waals surface area contributed by atoms with Crippen molar-refractivity contribution >= 4 is 23.4 Å². The van der Waals surface area contributed by atoms with Gasteiger partial charge in [0.1, 0.15) is 0 Å². The van der Waals surface area contributed by atoms with Gasteiger partial charge in [0.25, 0.3) is 0 Å². The number of nitrogens with zero attached hydrogens (tertiary/aromatic N) is 4. The van der Waals surface area contributed by atoms with E-state index in [0.29, 0.717) is 27.7 Å². The molecule has 0 spiro atoms. The second-order valence-electron chi connectivity index (χ2n) is 7.45. The molecule has 1 atom stereocenters. The summed E-state index contributed by atoms with van der Waals surface area (Å²) in [5, 5.41) is 8.96. The minimum atomic E-state index is -4.47. The van der Waals surface area contributed by atoms with Gasteiger partial charge in [0, 0.05) is 23.8 Å². The van der Waals surface area contributed by atoms with E-state index >= 15 is 0 Å². The fraction of sp³-hybridized carbons (Fsp3) is 0.304. The van der Waals surface area contributed by atoms with Gasteiger partial charge in [-0.3, -0.25) is 9.69 Å². The van der Waals surface area contributed by atoms with Crippen LogP contribution in [0.4, 0.5) is 18.9 Å². The zero-order valence-corrected chi connectivity index (χ0v) is 18.8. The Morgan fingerprint density at radius 1 is 1.12 bits per heavy atom. The minimum absolute atomic E-state index is 0.171. The van der Waals surface area contributed by atoms with Crippen molar-refractivity contribution in [3.05, 3.63) is 59.7 Å². The highest BCUT2D eigenvalue weighted by molar-refractivity contribution is 7.99. The maximum Gasteiger partial charge on any atom is 0.416 e. The Morgan fingerprint density at radius 2 is 1.85 bits per heavy atom. The van der Waals surface area contributed by atoms with E-state index in [4.69, 9.17) is 4.74 Å². The van der Waals surface area contributed by atoms with Crippen LogP contribution in [0.25, 0.3) is 11.3 Å². The van der Waals surface area contributed by atoms with Crippen molar-refractivity contribution in [2.75, 3.05) is 10.7 Å². The van der Waals surface area contributed by atoms with Crippen molar-refractivity contribution in [3.63, 3.8) is 0 Å². The Labute approximate surface area is 193 Å². The van der Waals surface area contributed by atoms with Crippen molar-refractivity contribution in [1.82, 2.24) is 15.2 Å². The van der Waals surface area contributed by atoms with Gasteiger partial charge in [-0.1, -0.05) is 55.4 Å². The van der Waals surface area contributed by atoms with Crippen LogP contribution in [0.5, 0.6) is 5.88 Å². The fourth-order valence-corrected chi connectivity index (χ4v) is 4.34. The van der Waals surface area contributed by atoms with Crippen LogP contribution in [-0.4, -0.2) is 26.8 Å². The highest BCUT2D eigenvalue weighted by Gasteiger charge is 2.35. The van der Waals surface area contributed by atoms with Gasteiger partial charge < -0.3 is 4.74 Å². The van der Waals surface area contributed by atoms with Gasteiger partial charge >= 0.3 is 6.18 Å². The zero-order valence-electron chi connectivity index (χ0n) is 18.0. The number of hydrogen-bond donors (Lipinski definition) is 0. The van der Waals surface area contributed by atoms with Crippen molar-refractivity contribution in [2.24, 2.45) is 0 Å². The SMILES string of the molecule is CCCCSc1nnc2c(n1)O[C@H](c1ccc(C(F)(F)F)cc1)N(C(C)=O)c1ccccc1-2. The lowest BCUT2D eigenvalue weighted by Crippen LogP contribution is -2.36. The number of para-hydroxylation sites is 1. The molecule has 0 bridgehead atoms. The smallest absolute Gasteiger partial charge is 0.416 e. The van der Waals surface area contributed by atoms with Crippen LogP contribution in [0.2, 0.25) is 0 Å². The minimum Gasteiger partial charge on any atom is -0.447 e. The lowest BCUT2D eigenvalue weighted by Gasteiger charge is -2.30. The highest BCUT2D eigenvalue weighted by atomic mass is 32.2. The predicted molar refractivity (Wildman–Crippen MR) is 119 cm³/mol. The molecule has 33 heavy (non-hydrogen) atoms. The predicted octanol–water partition coefficient (Wildman–Crippen LogP) is 5.89. The van der Waals surface area contributed by atoms with Gasteiger partial charge in [-0.25, -0.2) is 0 Å². The van der Waals surface area contributed by atoms with Crippen LogP contribution in [0.1, 0.15) is 44.0 Å². The first-order valence-corrected chi connectivity index (χ1v) is 11.4. The molecular formula is C23H21F3N4O2S. The van der Waals surface area contributed by atoms with Gasteiger partial charge in [-0.05, 0) is 24.6 Å². The Balaban J connectivity index is 1.82. The largest absolute Gasteiger partial charge is 0.447 e. The molecule has 1 aliphatic rings. The molecule has 0 aliphatic carbocycles. The Morgan fingerprint density at radius 3 is 2.52 bits per heavy atom. The maximum absolute atomic E-state index is 13.1. The summed E-state index contributed by atoms with van der Waals surface area (Å²) < 4.78 is 45.4. The van der Waals surface area contributed by atoms with E-state index < -0.39 is 18.0 Å². The molecule has 2 aromatic carbocycles. The van der Waals surface area contributed by atoms with Gasteiger partial charge in [-0.2, -0.15) is 18.2 Å². The van der Waals surface area contributed by atoms with Gasteiger partial charge in [-0.15, -0.1) is 10.2 Å². The van der Waals surface area contributed by atoms with Gasteiger partial charge in [0.2, 0.25) is 23.2 Å². The van der Waals surface area contributed by atoms with Gasteiger partial charge in [0.05, 0.1) is 11.3 Å². The third-order valence-corrected chi connectivity index (χ3v) is 6.03. The number of amides is 1. The average Bonchev–Trinajstić information content (AvgIpc) is 2.93. The first kappa shape index (κ1) is 23.0. The van der Waals surface area contributed by atoms with Crippen molar-refractivity contribution in [1.29, 1.82) is 0 Å². The molecule has 3 aromatic rings. The zero-order chi connectivity index (χ0) is 23.6. The number of halogens is 3. The van der Waals surface area contributed by atoms with E-state index in [1.54, 1.807) is 24.3 Å². The van der Waals surface area contributed by atoms with Crippen LogP contribution in [0, 0.1) is 0 Å². The molecule has 1 aliphatic heterocycles. The summed E-state index contributed by atoms with van der Waals surface area (Å²) in [6, 6.07) is 11.6. The standard InChI is InChI=1S/C23H21F3N4O2S/c1-3-4-13-33-22-27-20-19(28-29-22)17-7-5-6-8-18(17)30(14(2)31)21(32-20)15-9-11-16(12-10-15)23(24,25)26/h5-12,21H,3-4,13H2,1-2H3/t21-/m1/s1. The third-order valence-electron chi connectivity index (χ3n) is 5.10. The lowest BCUT2D eigenvalue weighted by atomic mass is 10.1.